The normalized spacial score (nSPS) is 14.2. The minimum atomic E-state index is 0.377. The molecule has 0 saturated heterocycles. The summed E-state index contributed by atoms with van der Waals surface area (Å²) in [6, 6.07) is 13.9. The van der Waals surface area contributed by atoms with E-state index in [2.05, 4.69) is 86.1 Å². The standard InChI is InChI=1S/C27H39N3S/c1-6-8-15-29-16-9-10-24-18-23(13-14-26(24)29)19-30(22(5)7-2)27(31)28-25-17-20(3)11-12-21(25)4/h11-14,17-18,22H,6-10,15-16,19H2,1-5H3,(H,28,31)/t22-/m0/s1. The Kier molecular flexibility index (Phi) is 8.36. The van der Waals surface area contributed by atoms with Crippen molar-refractivity contribution >= 4 is 28.7 Å². The lowest BCUT2D eigenvalue weighted by molar-refractivity contribution is 0.319. The van der Waals surface area contributed by atoms with Crippen LogP contribution in [0.2, 0.25) is 0 Å². The summed E-state index contributed by atoms with van der Waals surface area (Å²) < 4.78 is 0. The topological polar surface area (TPSA) is 18.5 Å². The Labute approximate surface area is 194 Å². The van der Waals surface area contributed by atoms with Crippen LogP contribution in [0, 0.1) is 13.8 Å². The third-order valence-electron chi connectivity index (χ3n) is 6.51. The quantitative estimate of drug-likeness (QED) is 0.455. The van der Waals surface area contributed by atoms with E-state index in [4.69, 9.17) is 12.2 Å². The molecular formula is C27H39N3S. The molecule has 1 aliphatic rings. The van der Waals surface area contributed by atoms with Gasteiger partial charge in [0.1, 0.15) is 0 Å². The molecule has 0 radical (unpaired) electrons. The number of aryl methyl sites for hydroxylation is 3. The van der Waals surface area contributed by atoms with Crippen molar-refractivity contribution in [2.45, 2.75) is 79.3 Å². The number of thiocarbonyl (C=S) groups is 1. The largest absolute Gasteiger partial charge is 0.371 e. The van der Waals surface area contributed by atoms with Crippen molar-refractivity contribution in [3.05, 3.63) is 58.7 Å². The molecule has 0 amide bonds. The lowest BCUT2D eigenvalue weighted by Crippen LogP contribution is -2.40. The van der Waals surface area contributed by atoms with E-state index in [9.17, 15) is 0 Å². The summed E-state index contributed by atoms with van der Waals surface area (Å²) in [7, 11) is 0. The average Bonchev–Trinajstić information content (AvgIpc) is 2.77. The maximum atomic E-state index is 5.90. The van der Waals surface area contributed by atoms with Gasteiger partial charge in [0.2, 0.25) is 0 Å². The lowest BCUT2D eigenvalue weighted by atomic mass is 9.98. The van der Waals surface area contributed by atoms with Crippen LogP contribution in [0.4, 0.5) is 11.4 Å². The second-order valence-electron chi connectivity index (χ2n) is 9.04. The van der Waals surface area contributed by atoms with Crippen LogP contribution in [0.15, 0.2) is 36.4 Å². The number of unbranched alkanes of at least 4 members (excludes halogenated alkanes) is 1. The first-order chi connectivity index (χ1) is 14.9. The van der Waals surface area contributed by atoms with Gasteiger partial charge in [-0.3, -0.25) is 0 Å². The van der Waals surface area contributed by atoms with E-state index in [-0.39, 0.29) is 0 Å². The van der Waals surface area contributed by atoms with E-state index in [1.165, 1.54) is 66.7 Å². The summed E-state index contributed by atoms with van der Waals surface area (Å²) in [5.74, 6) is 0. The summed E-state index contributed by atoms with van der Waals surface area (Å²) in [6.07, 6.45) is 6.01. The number of nitrogens with one attached hydrogen (secondary N) is 1. The summed E-state index contributed by atoms with van der Waals surface area (Å²) in [5, 5.41) is 4.34. The van der Waals surface area contributed by atoms with Crippen LogP contribution in [-0.2, 0) is 13.0 Å². The summed E-state index contributed by atoms with van der Waals surface area (Å²) in [5.41, 5.74) is 7.86. The predicted octanol–water partition coefficient (Wildman–Crippen LogP) is 6.85. The van der Waals surface area contributed by atoms with Crippen molar-refractivity contribution in [2.75, 3.05) is 23.3 Å². The lowest BCUT2D eigenvalue weighted by Gasteiger charge is -2.34. The van der Waals surface area contributed by atoms with E-state index in [0.717, 1.165) is 23.8 Å². The first kappa shape index (κ1) is 23.6. The summed E-state index contributed by atoms with van der Waals surface area (Å²) >= 11 is 5.90. The van der Waals surface area contributed by atoms with Crippen molar-refractivity contribution in [2.24, 2.45) is 0 Å². The van der Waals surface area contributed by atoms with Crippen LogP contribution in [0.5, 0.6) is 0 Å². The van der Waals surface area contributed by atoms with Gasteiger partial charge in [0.05, 0.1) is 0 Å². The molecule has 0 spiro atoms. The van der Waals surface area contributed by atoms with Crippen molar-refractivity contribution in [1.82, 2.24) is 4.90 Å². The molecule has 0 bridgehead atoms. The third kappa shape index (κ3) is 6.00. The number of fused-ring (bicyclic) bond motifs is 1. The Morgan fingerprint density at radius 2 is 1.97 bits per heavy atom. The number of hydrogen-bond acceptors (Lipinski definition) is 2. The molecule has 0 fully saturated rings. The number of rotatable bonds is 8. The second-order valence-corrected chi connectivity index (χ2v) is 9.43. The Morgan fingerprint density at radius 1 is 1.16 bits per heavy atom. The summed E-state index contributed by atoms with van der Waals surface area (Å²) in [6.45, 7) is 14.2. The van der Waals surface area contributed by atoms with Crippen LogP contribution in [0.1, 0.15) is 68.7 Å². The Balaban J connectivity index is 1.78. The van der Waals surface area contributed by atoms with Gasteiger partial charge in [-0.1, -0.05) is 44.5 Å². The fourth-order valence-corrected chi connectivity index (χ4v) is 4.66. The van der Waals surface area contributed by atoms with Crippen LogP contribution in [0.3, 0.4) is 0 Å². The minimum absolute atomic E-state index is 0.377. The molecule has 0 unspecified atom stereocenters. The Bertz CT molecular complexity index is 892. The van der Waals surface area contributed by atoms with Crippen molar-refractivity contribution in [1.29, 1.82) is 0 Å². The van der Waals surface area contributed by atoms with Crippen LogP contribution in [0.25, 0.3) is 0 Å². The molecule has 2 aromatic carbocycles. The molecule has 2 aromatic rings. The van der Waals surface area contributed by atoms with Crippen LogP contribution >= 0.6 is 12.2 Å². The highest BCUT2D eigenvalue weighted by Gasteiger charge is 2.20. The highest BCUT2D eigenvalue weighted by Crippen LogP contribution is 2.29. The van der Waals surface area contributed by atoms with Gasteiger partial charge in [0.25, 0.3) is 0 Å². The third-order valence-corrected chi connectivity index (χ3v) is 6.85. The van der Waals surface area contributed by atoms with Gasteiger partial charge in [0, 0.05) is 37.1 Å². The molecule has 168 valence electrons. The van der Waals surface area contributed by atoms with Crippen molar-refractivity contribution < 1.29 is 0 Å². The molecule has 1 atom stereocenters. The highest BCUT2D eigenvalue weighted by atomic mass is 32.1. The van der Waals surface area contributed by atoms with E-state index < -0.39 is 0 Å². The molecule has 3 rings (SSSR count). The number of nitrogens with zero attached hydrogens (tertiary/aromatic N) is 2. The fourth-order valence-electron chi connectivity index (χ4n) is 4.31. The molecule has 0 aliphatic carbocycles. The molecule has 31 heavy (non-hydrogen) atoms. The zero-order valence-corrected chi connectivity index (χ0v) is 20.8. The molecule has 1 heterocycles. The number of anilines is 2. The summed E-state index contributed by atoms with van der Waals surface area (Å²) in [4.78, 5) is 4.92. The predicted molar refractivity (Wildman–Crippen MR) is 139 cm³/mol. The van der Waals surface area contributed by atoms with Gasteiger partial charge >= 0.3 is 0 Å². The van der Waals surface area contributed by atoms with Gasteiger partial charge < -0.3 is 15.1 Å². The SMILES string of the molecule is CCCCN1CCCc2cc(CN(C(=S)Nc3cc(C)ccc3C)[C@@H](C)CC)ccc21. The average molecular weight is 438 g/mol. The van der Waals surface area contributed by atoms with E-state index in [1.54, 1.807) is 0 Å². The van der Waals surface area contributed by atoms with Crippen LogP contribution < -0.4 is 10.2 Å². The monoisotopic (exact) mass is 437 g/mol. The molecule has 4 heteroatoms. The second kappa shape index (κ2) is 11.0. The van der Waals surface area contributed by atoms with Gasteiger partial charge in [-0.05, 0) is 93.1 Å². The van der Waals surface area contributed by atoms with E-state index >= 15 is 0 Å². The smallest absolute Gasteiger partial charge is 0.173 e. The van der Waals surface area contributed by atoms with E-state index in [0.29, 0.717) is 6.04 Å². The number of benzene rings is 2. The molecular weight excluding hydrogens is 398 g/mol. The molecule has 3 nitrogen and oxygen atoms in total. The molecule has 0 aromatic heterocycles. The van der Waals surface area contributed by atoms with E-state index in [1.807, 2.05) is 0 Å². The molecule has 1 N–H and O–H groups in total. The zero-order chi connectivity index (χ0) is 22.4. The van der Waals surface area contributed by atoms with Gasteiger partial charge in [-0.2, -0.15) is 0 Å². The molecule has 1 aliphatic heterocycles. The van der Waals surface area contributed by atoms with Gasteiger partial charge in [-0.15, -0.1) is 0 Å². The van der Waals surface area contributed by atoms with Crippen molar-refractivity contribution in [3.8, 4) is 0 Å². The first-order valence-corrected chi connectivity index (χ1v) is 12.3. The van der Waals surface area contributed by atoms with Gasteiger partial charge in [0.15, 0.2) is 5.11 Å². The maximum absolute atomic E-state index is 5.90. The van der Waals surface area contributed by atoms with Gasteiger partial charge in [-0.25, -0.2) is 0 Å². The highest BCUT2D eigenvalue weighted by molar-refractivity contribution is 7.80. The number of hydrogen-bond donors (Lipinski definition) is 1. The zero-order valence-electron chi connectivity index (χ0n) is 20.0. The fraction of sp³-hybridized carbons (Fsp3) is 0.519. The minimum Gasteiger partial charge on any atom is -0.371 e. The Morgan fingerprint density at radius 3 is 2.71 bits per heavy atom. The first-order valence-electron chi connectivity index (χ1n) is 11.9. The van der Waals surface area contributed by atoms with Crippen LogP contribution in [-0.4, -0.2) is 29.1 Å². The maximum Gasteiger partial charge on any atom is 0.173 e. The van der Waals surface area contributed by atoms with Crippen molar-refractivity contribution in [3.63, 3.8) is 0 Å². The molecule has 0 saturated carbocycles. The Hall–Kier alpha value is -2.07.